The first kappa shape index (κ1) is 18.6. The van der Waals surface area contributed by atoms with Crippen molar-refractivity contribution in [2.24, 2.45) is 5.92 Å². The summed E-state index contributed by atoms with van der Waals surface area (Å²) in [5, 5.41) is 11.2. The van der Waals surface area contributed by atoms with Crippen LogP contribution >= 0.6 is 0 Å². The molecule has 3 rings (SSSR count). The van der Waals surface area contributed by atoms with Crippen LogP contribution in [0.4, 0.5) is 11.4 Å². The summed E-state index contributed by atoms with van der Waals surface area (Å²) in [5.74, 6) is -0.140. The molecule has 1 aromatic carbocycles. The number of carbonyl (C=O) groups excluding carboxylic acids is 1. The number of benzene rings is 1. The standard InChI is InChI=1S/C18H25N3O5/c1-25-18(22)16-11-15(4-5-17(16)21(23)24)20-6-2-3-14(13-20)12-19-7-9-26-10-8-19/h4-5,11,14H,2-3,6-10,12-13H2,1H3. The lowest BCUT2D eigenvalue weighted by Gasteiger charge is -2.38. The molecular weight excluding hydrogens is 338 g/mol. The zero-order valence-electron chi connectivity index (χ0n) is 15.1. The predicted molar refractivity (Wildman–Crippen MR) is 96.6 cm³/mol. The van der Waals surface area contributed by atoms with E-state index in [2.05, 4.69) is 9.80 Å². The first-order valence-corrected chi connectivity index (χ1v) is 9.00. The summed E-state index contributed by atoms with van der Waals surface area (Å²) in [5.41, 5.74) is 0.621. The molecule has 2 aliphatic rings. The van der Waals surface area contributed by atoms with Crippen molar-refractivity contribution in [3.63, 3.8) is 0 Å². The molecule has 0 bridgehead atoms. The van der Waals surface area contributed by atoms with Crippen molar-refractivity contribution in [1.82, 2.24) is 4.90 Å². The van der Waals surface area contributed by atoms with E-state index in [1.807, 2.05) is 0 Å². The van der Waals surface area contributed by atoms with Crippen molar-refractivity contribution < 1.29 is 19.2 Å². The molecule has 0 aliphatic carbocycles. The Balaban J connectivity index is 1.73. The molecule has 2 fully saturated rings. The van der Waals surface area contributed by atoms with Gasteiger partial charge in [-0.1, -0.05) is 0 Å². The van der Waals surface area contributed by atoms with Gasteiger partial charge in [-0.2, -0.15) is 0 Å². The maximum atomic E-state index is 11.9. The van der Waals surface area contributed by atoms with Gasteiger partial charge in [-0.25, -0.2) is 4.79 Å². The van der Waals surface area contributed by atoms with Crippen LogP contribution in [0.15, 0.2) is 18.2 Å². The van der Waals surface area contributed by atoms with E-state index < -0.39 is 10.9 Å². The lowest BCUT2D eigenvalue weighted by atomic mass is 9.96. The van der Waals surface area contributed by atoms with Crippen molar-refractivity contribution in [2.75, 3.05) is 57.9 Å². The van der Waals surface area contributed by atoms with Gasteiger partial charge in [0.1, 0.15) is 5.56 Å². The highest BCUT2D eigenvalue weighted by Gasteiger charge is 2.26. The van der Waals surface area contributed by atoms with Gasteiger partial charge in [0.2, 0.25) is 0 Å². The Kier molecular flexibility index (Phi) is 6.05. The minimum absolute atomic E-state index is 0.00491. The molecule has 0 aromatic heterocycles. The minimum Gasteiger partial charge on any atom is -0.465 e. The first-order valence-electron chi connectivity index (χ1n) is 9.00. The van der Waals surface area contributed by atoms with Gasteiger partial charge in [-0.05, 0) is 30.9 Å². The molecule has 142 valence electrons. The highest BCUT2D eigenvalue weighted by Crippen LogP contribution is 2.29. The van der Waals surface area contributed by atoms with Crippen LogP contribution in [0.5, 0.6) is 0 Å². The molecule has 0 N–H and O–H groups in total. The number of hydrogen-bond acceptors (Lipinski definition) is 7. The zero-order valence-corrected chi connectivity index (χ0v) is 15.1. The largest absolute Gasteiger partial charge is 0.465 e. The van der Waals surface area contributed by atoms with Crippen molar-refractivity contribution in [3.05, 3.63) is 33.9 Å². The van der Waals surface area contributed by atoms with Crippen LogP contribution in [-0.4, -0.2) is 68.8 Å². The van der Waals surface area contributed by atoms with E-state index in [1.165, 1.54) is 19.6 Å². The third kappa shape index (κ3) is 4.31. The SMILES string of the molecule is COC(=O)c1cc(N2CCCC(CN3CCOCC3)C2)ccc1[N+](=O)[O-]. The van der Waals surface area contributed by atoms with Gasteiger partial charge in [0.25, 0.3) is 5.69 Å². The number of carbonyl (C=O) groups is 1. The molecule has 2 heterocycles. The minimum atomic E-state index is -0.680. The van der Waals surface area contributed by atoms with E-state index in [0.717, 1.165) is 58.0 Å². The number of nitrogens with zero attached hydrogens (tertiary/aromatic N) is 3. The molecule has 1 unspecified atom stereocenters. The van der Waals surface area contributed by atoms with Crippen LogP contribution in [-0.2, 0) is 9.47 Å². The first-order chi connectivity index (χ1) is 12.6. The van der Waals surface area contributed by atoms with E-state index in [-0.39, 0.29) is 11.3 Å². The number of hydrogen-bond donors (Lipinski definition) is 0. The Morgan fingerprint density at radius 2 is 2.12 bits per heavy atom. The van der Waals surface area contributed by atoms with Crippen LogP contribution in [0.2, 0.25) is 0 Å². The smallest absolute Gasteiger partial charge is 0.344 e. The topological polar surface area (TPSA) is 85.2 Å². The summed E-state index contributed by atoms with van der Waals surface area (Å²) in [6.45, 7) is 6.34. The molecule has 0 amide bonds. The average Bonchev–Trinajstić information content (AvgIpc) is 2.68. The van der Waals surface area contributed by atoms with Gasteiger partial charge < -0.3 is 14.4 Å². The second-order valence-electron chi connectivity index (χ2n) is 6.82. The fraction of sp³-hybridized carbons (Fsp3) is 0.611. The van der Waals surface area contributed by atoms with E-state index in [1.54, 1.807) is 12.1 Å². The van der Waals surface area contributed by atoms with E-state index in [4.69, 9.17) is 9.47 Å². The number of esters is 1. The summed E-state index contributed by atoms with van der Waals surface area (Å²) in [6.07, 6.45) is 2.24. The van der Waals surface area contributed by atoms with Crippen molar-refractivity contribution >= 4 is 17.3 Å². The molecule has 0 saturated carbocycles. The van der Waals surface area contributed by atoms with Crippen LogP contribution in [0.3, 0.4) is 0 Å². The Labute approximate surface area is 152 Å². The highest BCUT2D eigenvalue weighted by atomic mass is 16.6. The average molecular weight is 363 g/mol. The Morgan fingerprint density at radius 1 is 1.35 bits per heavy atom. The van der Waals surface area contributed by atoms with Gasteiger partial charge in [-0.3, -0.25) is 15.0 Å². The fourth-order valence-electron chi connectivity index (χ4n) is 3.75. The summed E-state index contributed by atoms with van der Waals surface area (Å²) in [7, 11) is 1.23. The quantitative estimate of drug-likeness (QED) is 0.449. The number of nitro benzene ring substituents is 1. The van der Waals surface area contributed by atoms with Gasteiger partial charge >= 0.3 is 5.97 Å². The maximum absolute atomic E-state index is 11.9. The van der Waals surface area contributed by atoms with Crippen molar-refractivity contribution in [1.29, 1.82) is 0 Å². The number of piperidine rings is 1. The van der Waals surface area contributed by atoms with Gasteiger partial charge in [0, 0.05) is 44.5 Å². The summed E-state index contributed by atoms with van der Waals surface area (Å²) in [6, 6.07) is 4.70. The molecule has 2 saturated heterocycles. The maximum Gasteiger partial charge on any atom is 0.344 e. The number of rotatable bonds is 5. The molecule has 2 aliphatic heterocycles. The van der Waals surface area contributed by atoms with E-state index >= 15 is 0 Å². The van der Waals surface area contributed by atoms with Crippen molar-refractivity contribution in [3.8, 4) is 0 Å². The number of methoxy groups -OCH3 is 1. The van der Waals surface area contributed by atoms with Crippen LogP contribution in [0.25, 0.3) is 0 Å². The number of anilines is 1. The summed E-state index contributed by atoms with van der Waals surface area (Å²) < 4.78 is 10.1. The zero-order chi connectivity index (χ0) is 18.5. The summed E-state index contributed by atoms with van der Waals surface area (Å²) >= 11 is 0. The molecule has 1 atom stereocenters. The summed E-state index contributed by atoms with van der Waals surface area (Å²) in [4.78, 5) is 27.2. The number of morpholine rings is 1. The van der Waals surface area contributed by atoms with Crippen LogP contribution in [0.1, 0.15) is 23.2 Å². The number of nitro groups is 1. The highest BCUT2D eigenvalue weighted by molar-refractivity contribution is 5.95. The predicted octanol–water partition coefficient (Wildman–Crippen LogP) is 1.93. The molecule has 8 nitrogen and oxygen atoms in total. The second-order valence-corrected chi connectivity index (χ2v) is 6.82. The third-order valence-corrected chi connectivity index (χ3v) is 5.09. The monoisotopic (exact) mass is 363 g/mol. The Bertz CT molecular complexity index is 660. The Morgan fingerprint density at radius 3 is 2.81 bits per heavy atom. The van der Waals surface area contributed by atoms with Gasteiger partial charge in [0.05, 0.1) is 25.2 Å². The van der Waals surface area contributed by atoms with Crippen molar-refractivity contribution in [2.45, 2.75) is 12.8 Å². The van der Waals surface area contributed by atoms with E-state index in [0.29, 0.717) is 5.92 Å². The molecular formula is C18H25N3O5. The van der Waals surface area contributed by atoms with Crippen LogP contribution < -0.4 is 4.90 Å². The van der Waals surface area contributed by atoms with Gasteiger partial charge in [0.15, 0.2) is 0 Å². The molecule has 8 heteroatoms. The molecule has 26 heavy (non-hydrogen) atoms. The molecule has 0 radical (unpaired) electrons. The Hall–Kier alpha value is -2.19. The molecule has 1 aromatic rings. The lowest BCUT2D eigenvalue weighted by molar-refractivity contribution is -0.385. The molecule has 0 spiro atoms. The van der Waals surface area contributed by atoms with Gasteiger partial charge in [-0.15, -0.1) is 0 Å². The number of ether oxygens (including phenoxy) is 2. The van der Waals surface area contributed by atoms with E-state index in [9.17, 15) is 14.9 Å². The second kappa shape index (κ2) is 8.46. The normalized spacial score (nSPS) is 21.4. The third-order valence-electron chi connectivity index (χ3n) is 5.09. The van der Waals surface area contributed by atoms with Crippen LogP contribution in [0, 0.1) is 16.0 Å². The fourth-order valence-corrected chi connectivity index (χ4v) is 3.75. The lowest BCUT2D eigenvalue weighted by Crippen LogP contribution is -2.44.